The number of amides is 1. The molecular formula is C11H13Cl2NOS. The first-order valence-corrected chi connectivity index (χ1v) is 6.72. The highest BCUT2D eigenvalue weighted by Crippen LogP contribution is 2.63. The minimum atomic E-state index is -0.897. The van der Waals surface area contributed by atoms with E-state index < -0.39 is 9.75 Å². The molecule has 0 unspecified atom stereocenters. The van der Waals surface area contributed by atoms with Gasteiger partial charge in [-0.05, 0) is 31.7 Å². The van der Waals surface area contributed by atoms with Crippen molar-refractivity contribution in [1.82, 2.24) is 5.32 Å². The fourth-order valence-corrected chi connectivity index (χ4v) is 3.05. The Morgan fingerprint density at radius 2 is 2.25 bits per heavy atom. The second-order valence-corrected chi connectivity index (χ2v) is 6.89. The first-order valence-electron chi connectivity index (χ1n) is 5.09. The van der Waals surface area contributed by atoms with E-state index in [2.05, 4.69) is 5.32 Å². The maximum absolute atomic E-state index is 12.0. The van der Waals surface area contributed by atoms with Crippen molar-refractivity contribution in [3.8, 4) is 0 Å². The Labute approximate surface area is 109 Å². The molecule has 2 nitrogen and oxygen atoms in total. The zero-order valence-corrected chi connectivity index (χ0v) is 11.4. The molecule has 2 rings (SSSR count). The minimum absolute atomic E-state index is 0.00839. The van der Waals surface area contributed by atoms with E-state index in [1.54, 1.807) is 18.3 Å². The predicted molar refractivity (Wildman–Crippen MR) is 68.0 cm³/mol. The van der Waals surface area contributed by atoms with Gasteiger partial charge in [0.25, 0.3) is 0 Å². The summed E-state index contributed by atoms with van der Waals surface area (Å²) in [4.78, 5) is 13.1. The van der Waals surface area contributed by atoms with Crippen LogP contribution in [0, 0.1) is 5.41 Å². The summed E-state index contributed by atoms with van der Waals surface area (Å²) in [5, 5.41) is 4.93. The summed E-state index contributed by atoms with van der Waals surface area (Å²) in [5.74, 6) is -0.0709. The fraction of sp³-hybridized carbons (Fsp3) is 0.545. The van der Waals surface area contributed by atoms with E-state index in [0.29, 0.717) is 6.42 Å². The molecule has 1 aliphatic rings. The summed E-state index contributed by atoms with van der Waals surface area (Å²) in [6.45, 7) is 3.75. The number of hydrogen-bond acceptors (Lipinski definition) is 2. The third kappa shape index (κ3) is 1.96. The quantitative estimate of drug-likeness (QED) is 0.842. The van der Waals surface area contributed by atoms with Crippen molar-refractivity contribution >= 4 is 40.4 Å². The van der Waals surface area contributed by atoms with E-state index >= 15 is 0 Å². The van der Waals surface area contributed by atoms with Crippen molar-refractivity contribution in [3.63, 3.8) is 0 Å². The lowest BCUT2D eigenvalue weighted by Gasteiger charge is -2.17. The maximum atomic E-state index is 12.0. The number of carbonyl (C=O) groups excluding carboxylic acids is 1. The van der Waals surface area contributed by atoms with Gasteiger partial charge in [0, 0.05) is 4.88 Å². The molecule has 0 aromatic carbocycles. The summed E-state index contributed by atoms with van der Waals surface area (Å²) in [6.07, 6.45) is 0.520. The van der Waals surface area contributed by atoms with E-state index in [9.17, 15) is 4.79 Å². The van der Waals surface area contributed by atoms with Crippen LogP contribution >= 0.6 is 34.5 Å². The molecule has 0 saturated heterocycles. The molecule has 5 heteroatoms. The van der Waals surface area contributed by atoms with Crippen LogP contribution in [0.15, 0.2) is 17.5 Å². The minimum Gasteiger partial charge on any atom is -0.348 e. The molecule has 1 heterocycles. The molecule has 0 bridgehead atoms. The number of rotatable bonds is 3. The van der Waals surface area contributed by atoms with Gasteiger partial charge in [-0.15, -0.1) is 34.5 Å². The molecule has 1 saturated carbocycles. The topological polar surface area (TPSA) is 29.1 Å². The predicted octanol–water partition coefficient (Wildman–Crippen LogP) is 3.51. The first-order chi connectivity index (χ1) is 7.37. The highest BCUT2D eigenvalue weighted by Gasteiger charge is 2.67. The van der Waals surface area contributed by atoms with Crippen LogP contribution in [0.25, 0.3) is 0 Å². The molecule has 0 spiro atoms. The highest BCUT2D eigenvalue weighted by molar-refractivity contribution is 7.10. The number of carbonyl (C=O) groups is 1. The Bertz CT molecular complexity index is 404. The summed E-state index contributed by atoms with van der Waals surface area (Å²) in [7, 11) is 0. The van der Waals surface area contributed by atoms with E-state index in [0.717, 1.165) is 4.88 Å². The van der Waals surface area contributed by atoms with Crippen molar-refractivity contribution < 1.29 is 4.79 Å². The molecular weight excluding hydrogens is 265 g/mol. The van der Waals surface area contributed by atoms with Gasteiger partial charge in [0.15, 0.2) is 0 Å². The first kappa shape index (κ1) is 12.2. The molecule has 1 fully saturated rings. The van der Waals surface area contributed by atoms with Gasteiger partial charge in [0.1, 0.15) is 4.33 Å². The number of nitrogens with one attached hydrogen (secondary N) is 1. The van der Waals surface area contributed by atoms with Crippen molar-refractivity contribution in [2.45, 2.75) is 30.6 Å². The van der Waals surface area contributed by atoms with Crippen LogP contribution in [0.3, 0.4) is 0 Å². The summed E-state index contributed by atoms with van der Waals surface area (Å²) in [6, 6.07) is 3.98. The fourth-order valence-electron chi connectivity index (χ4n) is 1.61. The number of thiophene rings is 1. The summed E-state index contributed by atoms with van der Waals surface area (Å²) >= 11 is 13.5. The molecule has 88 valence electrons. The van der Waals surface area contributed by atoms with Gasteiger partial charge in [-0.3, -0.25) is 4.79 Å². The van der Waals surface area contributed by atoms with Gasteiger partial charge in [-0.25, -0.2) is 0 Å². The third-order valence-electron chi connectivity index (χ3n) is 3.08. The largest absolute Gasteiger partial charge is 0.348 e. The van der Waals surface area contributed by atoms with Crippen LogP contribution in [0.2, 0.25) is 0 Å². The van der Waals surface area contributed by atoms with Gasteiger partial charge in [-0.1, -0.05) is 6.07 Å². The standard InChI is InChI=1S/C11H13Cl2NOS/c1-7(8-4-3-5-16-8)14-9(15)10(2)6-11(10,12)13/h3-5,7H,6H2,1-2H3,(H,14,15)/t7-,10-/m0/s1. The molecule has 1 amide bonds. The number of halogens is 2. The van der Waals surface area contributed by atoms with Gasteiger partial charge >= 0.3 is 0 Å². The van der Waals surface area contributed by atoms with Crippen LogP contribution in [0.5, 0.6) is 0 Å². The normalized spacial score (nSPS) is 28.5. The van der Waals surface area contributed by atoms with Gasteiger partial charge < -0.3 is 5.32 Å². The second-order valence-electron chi connectivity index (χ2n) is 4.42. The molecule has 1 N–H and O–H groups in total. The Morgan fingerprint density at radius 1 is 1.62 bits per heavy atom. The molecule has 0 radical (unpaired) electrons. The Balaban J connectivity index is 1.99. The lowest BCUT2D eigenvalue weighted by atomic mass is 10.1. The van der Waals surface area contributed by atoms with Crippen LogP contribution < -0.4 is 5.32 Å². The molecule has 16 heavy (non-hydrogen) atoms. The average Bonchev–Trinajstić information content (AvgIpc) is 2.63. The lowest BCUT2D eigenvalue weighted by Crippen LogP contribution is -2.34. The van der Waals surface area contributed by atoms with E-state index in [1.807, 2.05) is 24.4 Å². The van der Waals surface area contributed by atoms with Crippen LogP contribution in [0.4, 0.5) is 0 Å². The molecule has 1 aliphatic carbocycles. The van der Waals surface area contributed by atoms with Gasteiger partial charge in [-0.2, -0.15) is 0 Å². The Morgan fingerprint density at radius 3 is 2.69 bits per heavy atom. The Kier molecular flexibility index (Phi) is 2.97. The molecule has 2 atom stereocenters. The third-order valence-corrected chi connectivity index (χ3v) is 5.23. The zero-order valence-electron chi connectivity index (χ0n) is 9.09. The van der Waals surface area contributed by atoms with Crippen molar-refractivity contribution in [2.24, 2.45) is 5.41 Å². The number of hydrogen-bond donors (Lipinski definition) is 1. The monoisotopic (exact) mass is 277 g/mol. The van der Waals surface area contributed by atoms with Crippen LogP contribution in [-0.2, 0) is 4.79 Å². The highest BCUT2D eigenvalue weighted by atomic mass is 35.5. The van der Waals surface area contributed by atoms with Gasteiger partial charge in [0.2, 0.25) is 5.91 Å². The molecule has 0 aliphatic heterocycles. The SMILES string of the molecule is C[C@H](NC(=O)[C@]1(C)CC1(Cl)Cl)c1cccs1. The van der Waals surface area contributed by atoms with Crippen LogP contribution in [0.1, 0.15) is 31.2 Å². The van der Waals surface area contributed by atoms with Crippen LogP contribution in [-0.4, -0.2) is 10.2 Å². The Hall–Kier alpha value is -0.250. The average molecular weight is 278 g/mol. The van der Waals surface area contributed by atoms with E-state index in [-0.39, 0.29) is 11.9 Å². The second kappa shape index (κ2) is 3.90. The summed E-state index contributed by atoms with van der Waals surface area (Å²) < 4.78 is -0.897. The molecule has 1 aromatic rings. The lowest BCUT2D eigenvalue weighted by molar-refractivity contribution is -0.126. The van der Waals surface area contributed by atoms with Crippen molar-refractivity contribution in [1.29, 1.82) is 0 Å². The maximum Gasteiger partial charge on any atom is 0.229 e. The van der Waals surface area contributed by atoms with Crippen molar-refractivity contribution in [3.05, 3.63) is 22.4 Å². The van der Waals surface area contributed by atoms with Crippen molar-refractivity contribution in [2.75, 3.05) is 0 Å². The zero-order chi connectivity index (χ0) is 12.0. The smallest absolute Gasteiger partial charge is 0.229 e. The summed E-state index contributed by atoms with van der Waals surface area (Å²) in [5.41, 5.74) is -0.637. The number of alkyl halides is 2. The molecule has 1 aromatic heterocycles. The van der Waals surface area contributed by atoms with E-state index in [1.165, 1.54) is 0 Å². The van der Waals surface area contributed by atoms with E-state index in [4.69, 9.17) is 23.2 Å². The van der Waals surface area contributed by atoms with Gasteiger partial charge in [0.05, 0.1) is 11.5 Å².